The van der Waals surface area contributed by atoms with Crippen LogP contribution in [0, 0.1) is 0 Å². The molecule has 2 aromatic carbocycles. The van der Waals surface area contributed by atoms with E-state index in [1.54, 1.807) is 4.90 Å². The highest BCUT2D eigenvalue weighted by atomic mass is 16.2. The Bertz CT molecular complexity index is 1010. The number of aryl methyl sites for hydroxylation is 1. The SMILES string of the molecule is CCn1cc(C(=O)N2Cc3ccccc3C[C@@H]2C(N)=O)c2ccccc21. The van der Waals surface area contributed by atoms with Crippen molar-refractivity contribution in [2.24, 2.45) is 5.73 Å². The second-order valence-corrected chi connectivity index (χ2v) is 6.67. The summed E-state index contributed by atoms with van der Waals surface area (Å²) in [5.41, 5.74) is 9.42. The molecule has 1 aromatic heterocycles. The van der Waals surface area contributed by atoms with Crippen LogP contribution in [0.15, 0.2) is 54.7 Å². The number of fused-ring (bicyclic) bond motifs is 2. The molecule has 3 aromatic rings. The van der Waals surface area contributed by atoms with Crippen molar-refractivity contribution in [2.75, 3.05) is 0 Å². The molecule has 26 heavy (non-hydrogen) atoms. The van der Waals surface area contributed by atoms with Gasteiger partial charge in [0.2, 0.25) is 5.91 Å². The highest BCUT2D eigenvalue weighted by Gasteiger charge is 2.34. The van der Waals surface area contributed by atoms with E-state index < -0.39 is 11.9 Å². The molecule has 5 heteroatoms. The molecule has 0 fully saturated rings. The summed E-state index contributed by atoms with van der Waals surface area (Å²) in [6.45, 7) is 3.22. The van der Waals surface area contributed by atoms with Gasteiger partial charge in [-0.3, -0.25) is 9.59 Å². The third-order valence-corrected chi connectivity index (χ3v) is 5.20. The lowest BCUT2D eigenvalue weighted by Gasteiger charge is -2.35. The minimum absolute atomic E-state index is 0.147. The summed E-state index contributed by atoms with van der Waals surface area (Å²) in [5.74, 6) is -0.612. The lowest BCUT2D eigenvalue weighted by molar-refractivity contribution is -0.122. The number of hydrogen-bond donors (Lipinski definition) is 1. The summed E-state index contributed by atoms with van der Waals surface area (Å²) >= 11 is 0. The first-order valence-corrected chi connectivity index (χ1v) is 8.85. The Labute approximate surface area is 152 Å². The Balaban J connectivity index is 1.79. The van der Waals surface area contributed by atoms with Crippen LogP contribution in [0.2, 0.25) is 0 Å². The van der Waals surface area contributed by atoms with E-state index in [4.69, 9.17) is 5.73 Å². The first-order chi connectivity index (χ1) is 12.6. The molecule has 0 saturated carbocycles. The van der Waals surface area contributed by atoms with Gasteiger partial charge in [-0.1, -0.05) is 42.5 Å². The Morgan fingerprint density at radius 2 is 1.77 bits per heavy atom. The van der Waals surface area contributed by atoms with Crippen molar-refractivity contribution in [3.8, 4) is 0 Å². The van der Waals surface area contributed by atoms with Gasteiger partial charge in [-0.05, 0) is 24.1 Å². The van der Waals surface area contributed by atoms with Crippen molar-refractivity contribution in [3.05, 3.63) is 71.4 Å². The van der Waals surface area contributed by atoms with Crippen molar-refractivity contribution in [3.63, 3.8) is 0 Å². The average molecular weight is 347 g/mol. The Morgan fingerprint density at radius 1 is 1.08 bits per heavy atom. The van der Waals surface area contributed by atoms with Crippen LogP contribution >= 0.6 is 0 Å². The van der Waals surface area contributed by atoms with Crippen molar-refractivity contribution in [1.29, 1.82) is 0 Å². The lowest BCUT2D eigenvalue weighted by Crippen LogP contribution is -2.51. The Kier molecular flexibility index (Phi) is 3.99. The number of amides is 2. The highest BCUT2D eigenvalue weighted by Crippen LogP contribution is 2.28. The molecule has 0 aliphatic carbocycles. The molecule has 1 atom stereocenters. The van der Waals surface area contributed by atoms with Gasteiger partial charge in [-0.2, -0.15) is 0 Å². The third kappa shape index (κ3) is 2.56. The molecule has 0 saturated heterocycles. The number of aromatic nitrogens is 1. The highest BCUT2D eigenvalue weighted by molar-refractivity contribution is 6.08. The van der Waals surface area contributed by atoms with Crippen LogP contribution in [-0.2, 0) is 24.3 Å². The number of nitrogens with two attached hydrogens (primary N) is 1. The first-order valence-electron chi connectivity index (χ1n) is 8.85. The predicted octanol–water partition coefficient (Wildman–Crippen LogP) is 2.71. The van der Waals surface area contributed by atoms with E-state index in [9.17, 15) is 9.59 Å². The average Bonchev–Trinajstić information content (AvgIpc) is 3.05. The van der Waals surface area contributed by atoms with Crippen molar-refractivity contribution < 1.29 is 9.59 Å². The summed E-state index contributed by atoms with van der Waals surface area (Å²) in [4.78, 5) is 27.0. The number of primary amides is 1. The second kappa shape index (κ2) is 6.33. The van der Waals surface area contributed by atoms with E-state index in [2.05, 4.69) is 4.57 Å². The number of benzene rings is 2. The normalized spacial score (nSPS) is 16.5. The number of nitrogens with zero attached hydrogens (tertiary/aromatic N) is 2. The van der Waals surface area contributed by atoms with E-state index >= 15 is 0 Å². The Hall–Kier alpha value is -3.08. The van der Waals surface area contributed by atoms with Crippen LogP contribution < -0.4 is 5.73 Å². The van der Waals surface area contributed by atoms with E-state index in [-0.39, 0.29) is 5.91 Å². The predicted molar refractivity (Wildman–Crippen MR) is 101 cm³/mol. The largest absolute Gasteiger partial charge is 0.368 e. The van der Waals surface area contributed by atoms with E-state index in [0.717, 1.165) is 28.6 Å². The molecule has 5 nitrogen and oxygen atoms in total. The number of carbonyl (C=O) groups excluding carboxylic acids is 2. The zero-order valence-electron chi connectivity index (χ0n) is 14.7. The number of rotatable bonds is 3. The molecular formula is C21H21N3O2. The van der Waals surface area contributed by atoms with Crippen LogP contribution in [0.5, 0.6) is 0 Å². The van der Waals surface area contributed by atoms with Gasteiger partial charge in [-0.15, -0.1) is 0 Å². The Morgan fingerprint density at radius 3 is 2.50 bits per heavy atom. The van der Waals surface area contributed by atoms with E-state index in [1.807, 2.05) is 61.7 Å². The van der Waals surface area contributed by atoms with Crippen molar-refractivity contribution in [2.45, 2.75) is 32.5 Å². The van der Waals surface area contributed by atoms with Gasteiger partial charge < -0.3 is 15.2 Å². The summed E-state index contributed by atoms with van der Waals surface area (Å²) in [6, 6.07) is 15.1. The summed E-state index contributed by atoms with van der Waals surface area (Å²) < 4.78 is 2.06. The van der Waals surface area contributed by atoms with Crippen LogP contribution in [0.3, 0.4) is 0 Å². The molecule has 0 radical (unpaired) electrons. The smallest absolute Gasteiger partial charge is 0.257 e. The van der Waals surface area contributed by atoms with Gasteiger partial charge in [0, 0.05) is 36.6 Å². The minimum Gasteiger partial charge on any atom is -0.368 e. The van der Waals surface area contributed by atoms with Crippen LogP contribution in [-0.4, -0.2) is 27.3 Å². The molecular weight excluding hydrogens is 326 g/mol. The fraction of sp³-hybridized carbons (Fsp3) is 0.238. The summed E-state index contributed by atoms with van der Waals surface area (Å²) in [5, 5.41) is 0.904. The number of hydrogen-bond acceptors (Lipinski definition) is 2. The maximum Gasteiger partial charge on any atom is 0.257 e. The van der Waals surface area contributed by atoms with Gasteiger partial charge in [0.15, 0.2) is 0 Å². The monoisotopic (exact) mass is 347 g/mol. The maximum absolute atomic E-state index is 13.4. The maximum atomic E-state index is 13.4. The molecule has 2 heterocycles. The molecule has 0 unspecified atom stereocenters. The van der Waals surface area contributed by atoms with Gasteiger partial charge in [0.25, 0.3) is 5.91 Å². The van der Waals surface area contributed by atoms with Gasteiger partial charge >= 0.3 is 0 Å². The molecule has 0 bridgehead atoms. The molecule has 1 aliphatic heterocycles. The quantitative estimate of drug-likeness (QED) is 0.791. The summed E-state index contributed by atoms with van der Waals surface area (Å²) in [7, 11) is 0. The fourth-order valence-electron chi connectivity index (χ4n) is 3.82. The van der Waals surface area contributed by atoms with Crippen molar-refractivity contribution >= 4 is 22.7 Å². The lowest BCUT2D eigenvalue weighted by atomic mass is 9.93. The molecule has 132 valence electrons. The number of para-hydroxylation sites is 1. The zero-order chi connectivity index (χ0) is 18.3. The van der Waals surface area contributed by atoms with Gasteiger partial charge in [-0.25, -0.2) is 0 Å². The zero-order valence-corrected chi connectivity index (χ0v) is 14.7. The number of carbonyl (C=O) groups is 2. The van der Waals surface area contributed by atoms with E-state index in [1.165, 1.54) is 0 Å². The summed E-state index contributed by atoms with van der Waals surface area (Å²) in [6.07, 6.45) is 2.34. The van der Waals surface area contributed by atoms with Crippen molar-refractivity contribution in [1.82, 2.24) is 9.47 Å². The van der Waals surface area contributed by atoms with Gasteiger partial charge in [0.1, 0.15) is 6.04 Å². The third-order valence-electron chi connectivity index (χ3n) is 5.20. The molecule has 1 aliphatic rings. The van der Waals surface area contributed by atoms with E-state index in [0.29, 0.717) is 18.5 Å². The first kappa shape index (κ1) is 16.4. The minimum atomic E-state index is -0.624. The topological polar surface area (TPSA) is 68.3 Å². The van der Waals surface area contributed by atoms with Crippen LogP contribution in [0.1, 0.15) is 28.4 Å². The van der Waals surface area contributed by atoms with Crippen LogP contribution in [0.4, 0.5) is 0 Å². The molecule has 2 N–H and O–H groups in total. The second-order valence-electron chi connectivity index (χ2n) is 6.67. The fourth-order valence-corrected chi connectivity index (χ4v) is 3.82. The molecule has 0 spiro atoms. The molecule has 2 amide bonds. The van der Waals surface area contributed by atoms with Gasteiger partial charge in [0.05, 0.1) is 5.56 Å². The molecule has 4 rings (SSSR count). The van der Waals surface area contributed by atoms with Crippen LogP contribution in [0.25, 0.3) is 10.9 Å². The standard InChI is InChI=1S/C21H21N3O2/c1-2-23-13-17(16-9-5-6-10-18(16)23)21(26)24-12-15-8-4-3-7-14(15)11-19(24)20(22)25/h3-10,13,19H,2,11-12H2,1H3,(H2,22,25)/t19-/m1/s1.